The molecule has 0 aliphatic carbocycles. The summed E-state index contributed by atoms with van der Waals surface area (Å²) in [7, 11) is -3.36. The Morgan fingerprint density at radius 2 is 2.04 bits per heavy atom. The Kier molecular flexibility index (Phi) is 7.24. The van der Waals surface area contributed by atoms with Crippen molar-refractivity contribution in [3.63, 3.8) is 0 Å². The SMILES string of the molecule is CCCN(C(=O)CS(=O)(=O)CCCc1ccccc1)C1CCNC1. The van der Waals surface area contributed by atoms with Crippen LogP contribution in [0.15, 0.2) is 30.3 Å². The number of rotatable bonds is 9. The molecule has 1 saturated heterocycles. The van der Waals surface area contributed by atoms with Crippen LogP contribution >= 0.6 is 0 Å². The third-order valence-corrected chi connectivity index (χ3v) is 5.96. The molecule has 134 valence electrons. The highest BCUT2D eigenvalue weighted by Gasteiger charge is 2.28. The standard InChI is InChI=1S/C18H28N2O3S/c1-2-12-20(17-10-11-19-14-17)18(21)15-24(22,23)13-6-9-16-7-4-3-5-8-16/h3-5,7-8,17,19H,2,6,9-15H2,1H3. The quantitative estimate of drug-likeness (QED) is 0.734. The van der Waals surface area contributed by atoms with Crippen LogP contribution in [-0.2, 0) is 21.1 Å². The maximum Gasteiger partial charge on any atom is 0.238 e. The summed E-state index contributed by atoms with van der Waals surface area (Å²) in [6.07, 6.45) is 3.02. The first kappa shape index (κ1) is 18.9. The molecule has 0 spiro atoms. The zero-order chi connectivity index (χ0) is 17.4. The van der Waals surface area contributed by atoms with Gasteiger partial charge in [-0.15, -0.1) is 0 Å². The van der Waals surface area contributed by atoms with Gasteiger partial charge in [-0.25, -0.2) is 8.42 Å². The Labute approximate surface area is 145 Å². The molecular weight excluding hydrogens is 324 g/mol. The smallest absolute Gasteiger partial charge is 0.238 e. The van der Waals surface area contributed by atoms with Crippen LogP contribution in [-0.4, -0.2) is 56.4 Å². The van der Waals surface area contributed by atoms with E-state index in [0.29, 0.717) is 13.0 Å². The van der Waals surface area contributed by atoms with Gasteiger partial charge in [-0.1, -0.05) is 37.3 Å². The molecule has 0 bridgehead atoms. The zero-order valence-electron chi connectivity index (χ0n) is 14.4. The predicted molar refractivity (Wildman–Crippen MR) is 96.7 cm³/mol. The van der Waals surface area contributed by atoms with E-state index in [9.17, 15) is 13.2 Å². The molecule has 1 aliphatic heterocycles. The normalized spacial score (nSPS) is 17.8. The van der Waals surface area contributed by atoms with Crippen LogP contribution in [0, 0.1) is 0 Å². The maximum absolute atomic E-state index is 12.5. The molecule has 6 heteroatoms. The molecule has 1 aliphatic rings. The number of hydrogen-bond acceptors (Lipinski definition) is 4. The second kappa shape index (κ2) is 9.18. The highest BCUT2D eigenvalue weighted by molar-refractivity contribution is 7.92. The summed E-state index contributed by atoms with van der Waals surface area (Å²) in [5, 5.41) is 3.24. The van der Waals surface area contributed by atoms with E-state index in [4.69, 9.17) is 0 Å². The van der Waals surface area contributed by atoms with Crippen molar-refractivity contribution in [1.82, 2.24) is 10.2 Å². The lowest BCUT2D eigenvalue weighted by atomic mass is 10.1. The summed E-state index contributed by atoms with van der Waals surface area (Å²) in [5.41, 5.74) is 1.13. The van der Waals surface area contributed by atoms with E-state index >= 15 is 0 Å². The molecule has 0 aromatic heterocycles. The van der Waals surface area contributed by atoms with E-state index in [1.165, 1.54) is 0 Å². The third kappa shape index (κ3) is 5.91. The second-order valence-electron chi connectivity index (χ2n) is 6.41. The first-order valence-corrected chi connectivity index (χ1v) is 10.6. The van der Waals surface area contributed by atoms with Gasteiger partial charge in [-0.3, -0.25) is 4.79 Å². The van der Waals surface area contributed by atoms with Gasteiger partial charge in [-0.05, 0) is 37.8 Å². The Morgan fingerprint density at radius 3 is 2.67 bits per heavy atom. The molecule has 1 fully saturated rings. The molecule has 0 radical (unpaired) electrons. The summed E-state index contributed by atoms with van der Waals surface area (Å²) >= 11 is 0. The van der Waals surface area contributed by atoms with Crippen molar-refractivity contribution in [1.29, 1.82) is 0 Å². The highest BCUT2D eigenvalue weighted by Crippen LogP contribution is 2.12. The number of amides is 1. The zero-order valence-corrected chi connectivity index (χ0v) is 15.2. The largest absolute Gasteiger partial charge is 0.338 e. The van der Waals surface area contributed by atoms with E-state index < -0.39 is 9.84 Å². The van der Waals surface area contributed by atoms with E-state index in [1.54, 1.807) is 4.90 Å². The van der Waals surface area contributed by atoms with Gasteiger partial charge in [0.05, 0.1) is 5.75 Å². The average Bonchev–Trinajstić information content (AvgIpc) is 3.07. The van der Waals surface area contributed by atoms with Crippen LogP contribution < -0.4 is 5.32 Å². The van der Waals surface area contributed by atoms with Crippen molar-refractivity contribution in [2.24, 2.45) is 0 Å². The summed E-state index contributed by atoms with van der Waals surface area (Å²) in [6.45, 7) is 4.30. The fourth-order valence-electron chi connectivity index (χ4n) is 3.14. The molecule has 1 unspecified atom stereocenters. The fraction of sp³-hybridized carbons (Fsp3) is 0.611. The van der Waals surface area contributed by atoms with E-state index in [2.05, 4.69) is 5.32 Å². The van der Waals surface area contributed by atoms with E-state index in [1.807, 2.05) is 37.3 Å². The summed E-state index contributed by atoms with van der Waals surface area (Å²) in [4.78, 5) is 14.2. The number of sulfone groups is 1. The minimum absolute atomic E-state index is 0.0660. The third-order valence-electron chi connectivity index (χ3n) is 4.37. The molecule has 1 heterocycles. The number of carbonyl (C=O) groups excluding carboxylic acids is 1. The van der Waals surface area contributed by atoms with Crippen molar-refractivity contribution in [3.8, 4) is 0 Å². The minimum atomic E-state index is -3.36. The second-order valence-corrected chi connectivity index (χ2v) is 8.60. The molecule has 1 aromatic rings. The molecule has 1 N–H and O–H groups in total. The minimum Gasteiger partial charge on any atom is -0.338 e. The van der Waals surface area contributed by atoms with Crippen molar-refractivity contribution >= 4 is 15.7 Å². The van der Waals surface area contributed by atoms with Gasteiger partial charge < -0.3 is 10.2 Å². The van der Waals surface area contributed by atoms with Gasteiger partial charge in [0, 0.05) is 19.1 Å². The van der Waals surface area contributed by atoms with Crippen LogP contribution in [0.2, 0.25) is 0 Å². The Balaban J connectivity index is 1.85. The van der Waals surface area contributed by atoms with Crippen molar-refractivity contribution in [2.75, 3.05) is 31.1 Å². The lowest BCUT2D eigenvalue weighted by Gasteiger charge is -2.28. The van der Waals surface area contributed by atoms with Crippen molar-refractivity contribution in [3.05, 3.63) is 35.9 Å². The Hall–Kier alpha value is -1.40. The number of hydrogen-bond donors (Lipinski definition) is 1. The lowest BCUT2D eigenvalue weighted by molar-refractivity contribution is -0.130. The number of nitrogens with one attached hydrogen (secondary N) is 1. The van der Waals surface area contributed by atoms with Gasteiger partial charge in [-0.2, -0.15) is 0 Å². The fourth-order valence-corrected chi connectivity index (χ4v) is 4.41. The number of benzene rings is 1. The van der Waals surface area contributed by atoms with Crippen LogP contribution in [0.25, 0.3) is 0 Å². The predicted octanol–water partition coefficient (Wildman–Crippen LogP) is 1.63. The van der Waals surface area contributed by atoms with Crippen LogP contribution in [0.4, 0.5) is 0 Å². The summed E-state index contributed by atoms with van der Waals surface area (Å²) in [6, 6.07) is 9.97. The highest BCUT2D eigenvalue weighted by atomic mass is 32.2. The number of aryl methyl sites for hydroxylation is 1. The van der Waals surface area contributed by atoms with Crippen LogP contribution in [0.5, 0.6) is 0 Å². The molecule has 1 amide bonds. The van der Waals surface area contributed by atoms with Gasteiger partial charge in [0.15, 0.2) is 9.84 Å². The van der Waals surface area contributed by atoms with Gasteiger partial charge in [0.1, 0.15) is 5.75 Å². The molecule has 24 heavy (non-hydrogen) atoms. The molecular formula is C18H28N2O3S. The van der Waals surface area contributed by atoms with Gasteiger partial charge >= 0.3 is 0 Å². The van der Waals surface area contributed by atoms with Gasteiger partial charge in [0.2, 0.25) is 5.91 Å². The first-order chi connectivity index (χ1) is 11.5. The summed E-state index contributed by atoms with van der Waals surface area (Å²) < 4.78 is 24.6. The molecule has 2 rings (SSSR count). The topological polar surface area (TPSA) is 66.5 Å². The van der Waals surface area contributed by atoms with Crippen molar-refractivity contribution in [2.45, 2.75) is 38.6 Å². The number of nitrogens with zero attached hydrogens (tertiary/aromatic N) is 1. The lowest BCUT2D eigenvalue weighted by Crippen LogP contribution is -2.45. The van der Waals surface area contributed by atoms with Crippen molar-refractivity contribution < 1.29 is 13.2 Å². The molecule has 5 nitrogen and oxygen atoms in total. The van der Waals surface area contributed by atoms with Crippen LogP contribution in [0.1, 0.15) is 31.7 Å². The van der Waals surface area contributed by atoms with Gasteiger partial charge in [0.25, 0.3) is 0 Å². The molecule has 1 atom stereocenters. The summed E-state index contributed by atoms with van der Waals surface area (Å²) in [5.74, 6) is -0.542. The molecule has 1 aromatic carbocycles. The van der Waals surface area contributed by atoms with Crippen LogP contribution in [0.3, 0.4) is 0 Å². The van der Waals surface area contributed by atoms with E-state index in [-0.39, 0.29) is 23.5 Å². The molecule has 0 saturated carbocycles. The average molecular weight is 353 g/mol. The maximum atomic E-state index is 12.5. The first-order valence-electron chi connectivity index (χ1n) is 8.76. The van der Waals surface area contributed by atoms with E-state index in [0.717, 1.165) is 37.9 Å². The Bertz CT molecular complexity index is 610. The Morgan fingerprint density at radius 1 is 1.29 bits per heavy atom. The monoisotopic (exact) mass is 352 g/mol. The number of carbonyl (C=O) groups is 1.